The molecule has 1 aromatic carbocycles. The number of thiocarbonyl (C=S) groups is 1. The van der Waals surface area contributed by atoms with E-state index in [1.54, 1.807) is 0 Å². The Bertz CT molecular complexity index is 900. The minimum Gasteiger partial charge on any atom is -0.360 e. The van der Waals surface area contributed by atoms with Crippen molar-refractivity contribution in [2.45, 2.75) is 65.5 Å². The third kappa shape index (κ3) is 6.05. The van der Waals surface area contributed by atoms with Gasteiger partial charge in [-0.3, -0.25) is 4.79 Å². The lowest BCUT2D eigenvalue weighted by Gasteiger charge is -2.32. The molecule has 2 N–H and O–H groups in total. The summed E-state index contributed by atoms with van der Waals surface area (Å²) in [5.41, 5.74) is 2.81. The van der Waals surface area contributed by atoms with Crippen molar-refractivity contribution < 1.29 is 0 Å². The second-order valence-corrected chi connectivity index (χ2v) is 8.83. The predicted molar refractivity (Wildman–Crippen MR) is 130 cm³/mol. The largest absolute Gasteiger partial charge is 0.360 e. The molecule has 5 nitrogen and oxygen atoms in total. The Hall–Kier alpha value is -1.92. The van der Waals surface area contributed by atoms with Crippen LogP contribution in [0.4, 0.5) is 0 Å². The summed E-state index contributed by atoms with van der Waals surface area (Å²) >= 11 is 5.82. The van der Waals surface area contributed by atoms with Crippen LogP contribution in [0, 0.1) is 6.92 Å². The Labute approximate surface area is 185 Å². The summed E-state index contributed by atoms with van der Waals surface area (Å²) in [6.45, 7) is 10.7. The van der Waals surface area contributed by atoms with Gasteiger partial charge in [-0.15, -0.1) is 0 Å². The molecule has 1 aromatic heterocycles. The van der Waals surface area contributed by atoms with Gasteiger partial charge in [-0.1, -0.05) is 44.7 Å². The van der Waals surface area contributed by atoms with Crippen molar-refractivity contribution in [3.05, 3.63) is 45.7 Å². The van der Waals surface area contributed by atoms with Crippen molar-refractivity contribution >= 4 is 28.2 Å². The van der Waals surface area contributed by atoms with E-state index in [2.05, 4.69) is 46.9 Å². The van der Waals surface area contributed by atoms with Crippen LogP contribution in [0.3, 0.4) is 0 Å². The predicted octanol–water partition coefficient (Wildman–Crippen LogP) is 4.19. The second kappa shape index (κ2) is 10.9. The van der Waals surface area contributed by atoms with E-state index >= 15 is 0 Å². The van der Waals surface area contributed by atoms with E-state index in [0.29, 0.717) is 12.6 Å². The number of hydrogen-bond donors (Lipinski definition) is 2. The van der Waals surface area contributed by atoms with Crippen molar-refractivity contribution in [1.82, 2.24) is 20.1 Å². The van der Waals surface area contributed by atoms with Gasteiger partial charge in [-0.25, -0.2) is 0 Å². The average Bonchev–Trinajstić information content (AvgIpc) is 2.74. The highest BCUT2D eigenvalue weighted by atomic mass is 32.1. The van der Waals surface area contributed by atoms with Crippen molar-refractivity contribution in [1.29, 1.82) is 0 Å². The van der Waals surface area contributed by atoms with Gasteiger partial charge in [0.15, 0.2) is 5.11 Å². The number of hydrogen-bond acceptors (Lipinski definition) is 3. The first-order chi connectivity index (χ1) is 14.5. The van der Waals surface area contributed by atoms with Crippen LogP contribution in [0.25, 0.3) is 10.9 Å². The topological polar surface area (TPSA) is 51.4 Å². The van der Waals surface area contributed by atoms with Gasteiger partial charge < -0.3 is 20.1 Å². The number of nitrogens with one attached hydrogen (secondary N) is 2. The fourth-order valence-corrected chi connectivity index (χ4v) is 4.58. The number of fused-ring (bicyclic) bond motifs is 1. The highest BCUT2D eigenvalue weighted by molar-refractivity contribution is 7.80. The molecule has 1 fully saturated rings. The fourth-order valence-electron chi connectivity index (χ4n) is 4.26. The molecular weight excluding hydrogens is 392 g/mol. The third-order valence-corrected chi connectivity index (χ3v) is 6.61. The molecule has 1 heterocycles. The van der Waals surface area contributed by atoms with Crippen LogP contribution in [0.2, 0.25) is 0 Å². The molecule has 1 saturated carbocycles. The molecule has 0 amide bonds. The number of aryl methyl sites for hydroxylation is 1. The molecule has 6 heteroatoms. The van der Waals surface area contributed by atoms with Gasteiger partial charge in [0.25, 0.3) is 5.56 Å². The van der Waals surface area contributed by atoms with Crippen LogP contribution in [0.5, 0.6) is 0 Å². The molecule has 30 heavy (non-hydrogen) atoms. The molecule has 0 bridgehead atoms. The van der Waals surface area contributed by atoms with Crippen LogP contribution in [0.1, 0.15) is 57.1 Å². The molecule has 0 saturated heterocycles. The van der Waals surface area contributed by atoms with Crippen molar-refractivity contribution in [3.8, 4) is 0 Å². The Morgan fingerprint density at radius 1 is 1.13 bits per heavy atom. The van der Waals surface area contributed by atoms with Gasteiger partial charge in [0.1, 0.15) is 0 Å². The first kappa shape index (κ1) is 22.8. The third-order valence-electron chi connectivity index (χ3n) is 6.24. The average molecular weight is 429 g/mol. The summed E-state index contributed by atoms with van der Waals surface area (Å²) < 4.78 is 0. The molecule has 0 spiro atoms. The van der Waals surface area contributed by atoms with Crippen LogP contribution in [-0.4, -0.2) is 52.1 Å². The zero-order chi connectivity index (χ0) is 21.5. The Morgan fingerprint density at radius 2 is 1.87 bits per heavy atom. The number of nitrogens with zero attached hydrogens (tertiary/aromatic N) is 2. The molecule has 0 radical (unpaired) electrons. The van der Waals surface area contributed by atoms with Crippen molar-refractivity contribution in [2.24, 2.45) is 0 Å². The zero-order valence-corrected chi connectivity index (χ0v) is 19.5. The van der Waals surface area contributed by atoms with Crippen LogP contribution in [0.15, 0.2) is 29.1 Å². The number of aromatic amines is 1. The maximum atomic E-state index is 12.8. The molecule has 0 aliphatic heterocycles. The van der Waals surface area contributed by atoms with Crippen molar-refractivity contribution in [2.75, 3.05) is 26.2 Å². The maximum absolute atomic E-state index is 12.8. The smallest absolute Gasteiger partial charge is 0.253 e. The lowest BCUT2D eigenvalue weighted by molar-refractivity contribution is 0.261. The maximum Gasteiger partial charge on any atom is 0.253 e. The second-order valence-electron chi connectivity index (χ2n) is 8.45. The molecule has 1 aliphatic carbocycles. The van der Waals surface area contributed by atoms with E-state index in [1.165, 1.54) is 37.7 Å². The van der Waals surface area contributed by atoms with Crippen molar-refractivity contribution in [3.63, 3.8) is 0 Å². The lowest BCUT2D eigenvalue weighted by atomic mass is 9.96. The van der Waals surface area contributed by atoms with Crippen LogP contribution >= 0.6 is 12.2 Å². The number of aromatic nitrogens is 1. The highest BCUT2D eigenvalue weighted by Crippen LogP contribution is 2.18. The van der Waals surface area contributed by atoms with Gasteiger partial charge in [-0.05, 0) is 68.7 Å². The summed E-state index contributed by atoms with van der Waals surface area (Å²) in [6.07, 6.45) is 6.22. The summed E-state index contributed by atoms with van der Waals surface area (Å²) in [5.74, 6) is 0. The summed E-state index contributed by atoms with van der Waals surface area (Å²) in [4.78, 5) is 20.4. The van der Waals surface area contributed by atoms with Gasteiger partial charge in [0.2, 0.25) is 0 Å². The molecular formula is C24H36N4OS. The van der Waals surface area contributed by atoms with E-state index in [-0.39, 0.29) is 5.56 Å². The summed E-state index contributed by atoms with van der Waals surface area (Å²) in [7, 11) is 0. The molecule has 2 aromatic rings. The summed E-state index contributed by atoms with van der Waals surface area (Å²) in [6, 6.07) is 8.60. The molecule has 3 rings (SSSR count). The van der Waals surface area contributed by atoms with Gasteiger partial charge in [0, 0.05) is 30.2 Å². The molecule has 164 valence electrons. The fraction of sp³-hybridized carbons (Fsp3) is 0.583. The number of benzene rings is 1. The van der Waals surface area contributed by atoms with Gasteiger partial charge >= 0.3 is 0 Å². The number of likely N-dealkylation sites (N-methyl/N-ethyl adjacent to an activating group) is 1. The first-order valence-electron chi connectivity index (χ1n) is 11.4. The zero-order valence-electron chi connectivity index (χ0n) is 18.7. The Balaban J connectivity index is 1.79. The Morgan fingerprint density at radius 3 is 2.57 bits per heavy atom. The number of H-pyrrole nitrogens is 1. The quantitative estimate of drug-likeness (QED) is 0.618. The van der Waals surface area contributed by atoms with Crippen LogP contribution < -0.4 is 10.9 Å². The highest BCUT2D eigenvalue weighted by Gasteiger charge is 2.19. The SMILES string of the molecule is CCN(CC)CCN(Cc1cc2cc(C)ccc2[nH]c1=O)C(=S)NC1CCCCC1. The molecule has 0 atom stereocenters. The summed E-state index contributed by atoms with van der Waals surface area (Å²) in [5, 5.41) is 5.44. The van der Waals surface area contributed by atoms with Gasteiger partial charge in [0.05, 0.1) is 6.54 Å². The van der Waals surface area contributed by atoms with E-state index in [0.717, 1.165) is 47.8 Å². The van der Waals surface area contributed by atoms with E-state index in [1.807, 2.05) is 18.2 Å². The monoisotopic (exact) mass is 428 g/mol. The van der Waals surface area contributed by atoms with Gasteiger partial charge in [-0.2, -0.15) is 0 Å². The standard InChI is InChI=1S/C24H36N4OS/c1-4-27(5-2)13-14-28(24(30)25-21-9-7-6-8-10-21)17-20-16-19-15-18(3)11-12-22(19)26-23(20)29/h11-12,15-16,21H,4-10,13-14,17H2,1-3H3,(H,25,30)(H,26,29). The van der Waals surface area contributed by atoms with E-state index in [9.17, 15) is 4.79 Å². The first-order valence-corrected chi connectivity index (χ1v) is 11.8. The Kier molecular flexibility index (Phi) is 8.28. The van der Waals surface area contributed by atoms with E-state index in [4.69, 9.17) is 12.2 Å². The number of pyridine rings is 1. The normalized spacial score (nSPS) is 14.9. The molecule has 1 aliphatic rings. The van der Waals surface area contributed by atoms with E-state index < -0.39 is 0 Å². The minimum atomic E-state index is -0.0281. The van der Waals surface area contributed by atoms with Crippen LogP contribution in [-0.2, 0) is 6.54 Å². The lowest BCUT2D eigenvalue weighted by Crippen LogP contribution is -2.47. The molecule has 0 unspecified atom stereocenters. The minimum absolute atomic E-state index is 0.0281. The number of rotatable bonds is 8.